The van der Waals surface area contributed by atoms with Crippen LogP contribution in [0.5, 0.6) is 0 Å². The topological polar surface area (TPSA) is 114 Å². The van der Waals surface area contributed by atoms with Gasteiger partial charge in [-0.1, -0.05) is 88.4 Å². The van der Waals surface area contributed by atoms with Crippen molar-refractivity contribution >= 4 is 22.8 Å². The second-order valence-corrected chi connectivity index (χ2v) is 14.1. The molecule has 57 heavy (non-hydrogen) atoms. The molecule has 292 valence electrons. The smallest absolute Gasteiger partial charge is 0.607 e. The number of allylic oxidation sites excluding steroid dienone is 10. The van der Waals surface area contributed by atoms with Gasteiger partial charge in [-0.15, -0.1) is 0 Å². The van der Waals surface area contributed by atoms with Gasteiger partial charge in [-0.05, 0) is 135 Å². The van der Waals surface area contributed by atoms with Gasteiger partial charge in [-0.25, -0.2) is 9.98 Å². The maximum absolute atomic E-state index is 12.6. The Bertz CT molecular complexity index is 2080. The zero-order valence-corrected chi connectivity index (χ0v) is 38.3. The van der Waals surface area contributed by atoms with Crippen LogP contribution < -0.4 is 10.2 Å². The van der Waals surface area contributed by atoms with Crippen LogP contribution >= 0.6 is 0 Å². The molecule has 0 N–H and O–H groups in total. The first kappa shape index (κ1) is 44.6. The molecule has 6 rings (SSSR count). The average Bonchev–Trinajstić information content (AvgIpc) is 3.88. The first-order valence-electron chi connectivity index (χ1n) is 19.6. The Morgan fingerprint density at radius 1 is 0.491 bits per heavy atom. The second-order valence-electron chi connectivity index (χ2n) is 14.1. The predicted octanol–water partition coefficient (Wildman–Crippen LogP) is 9.99. The molecular formula is C48H54N4O4Zn. The Morgan fingerprint density at radius 3 is 1.12 bits per heavy atom. The number of hydrogen-bond acceptors (Lipinski definition) is 8. The third kappa shape index (κ3) is 10.2. The SMILES string of the molecule is CCC1=C(C)/C(=C(\[O-])OCc2ccccc2)N=C1/C=C1/N=C(C)C(CC)=C1C.CCC1=C(C)/C(=C\C2=NC(=C(\[O-])OCc3ccccc3)/C(C)=C2CC)N=C1C.[Zn+2]. The standard InChI is InChI=1S/2C24H28N2O2.Zn/c2*1-6-19-15(3)21(25-17(19)5)13-22-20(7-2)16(4)23(26-22)24(27)28-14-18-11-9-8-10-12-18;/h2*8-13,27H,6-7,14H2,1-5H3;/q;;+2/p-2/b21-13+,24-23+;21-13+,24-23-;. The third-order valence-electron chi connectivity index (χ3n) is 10.6. The minimum atomic E-state index is -0.381. The Kier molecular flexibility index (Phi) is 15.9. The first-order valence-corrected chi connectivity index (χ1v) is 19.6. The molecule has 0 aliphatic carbocycles. The summed E-state index contributed by atoms with van der Waals surface area (Å²) >= 11 is 0. The van der Waals surface area contributed by atoms with Crippen molar-refractivity contribution in [1.29, 1.82) is 0 Å². The van der Waals surface area contributed by atoms with Gasteiger partial charge in [0, 0.05) is 24.6 Å². The van der Waals surface area contributed by atoms with E-state index >= 15 is 0 Å². The van der Waals surface area contributed by atoms with Crippen LogP contribution in [0.15, 0.2) is 172 Å². The minimum absolute atomic E-state index is 0. The monoisotopic (exact) mass is 814 g/mol. The molecule has 9 heteroatoms. The average molecular weight is 816 g/mol. The van der Waals surface area contributed by atoms with Crippen LogP contribution in [0.4, 0.5) is 0 Å². The summed E-state index contributed by atoms with van der Waals surface area (Å²) in [6.45, 7) is 21.1. The van der Waals surface area contributed by atoms with E-state index in [1.165, 1.54) is 22.3 Å². The fourth-order valence-electron chi connectivity index (χ4n) is 7.42. The van der Waals surface area contributed by atoms with E-state index in [1.54, 1.807) is 0 Å². The van der Waals surface area contributed by atoms with E-state index in [0.717, 1.165) is 93.3 Å². The third-order valence-corrected chi connectivity index (χ3v) is 10.6. The summed E-state index contributed by atoms with van der Waals surface area (Å²) in [6.07, 6.45) is 7.53. The molecule has 0 fully saturated rings. The number of rotatable bonds is 12. The van der Waals surface area contributed by atoms with Crippen LogP contribution in [0.1, 0.15) is 106 Å². The summed E-state index contributed by atoms with van der Waals surface area (Å²) < 4.78 is 11.0. The summed E-state index contributed by atoms with van der Waals surface area (Å²) in [7, 11) is 0. The summed E-state index contributed by atoms with van der Waals surface area (Å²) in [5.41, 5.74) is 17.2. The Balaban J connectivity index is 0.000000248. The molecule has 8 nitrogen and oxygen atoms in total. The maximum Gasteiger partial charge on any atom is 2.00 e. The molecule has 2 aromatic carbocycles. The quantitative estimate of drug-likeness (QED) is 0.157. The van der Waals surface area contributed by atoms with Gasteiger partial charge in [0.05, 0.1) is 46.1 Å². The minimum Gasteiger partial charge on any atom is -0.607 e. The zero-order chi connectivity index (χ0) is 40.5. The van der Waals surface area contributed by atoms with Gasteiger partial charge < -0.3 is 19.7 Å². The zero-order valence-electron chi connectivity index (χ0n) is 35.3. The van der Waals surface area contributed by atoms with Crippen LogP contribution in [0, 0.1) is 0 Å². The molecule has 4 aliphatic rings. The molecule has 0 radical (unpaired) electrons. The largest absolute Gasteiger partial charge is 2.00 e. The Hall–Kier alpha value is -5.14. The van der Waals surface area contributed by atoms with E-state index in [4.69, 9.17) is 19.5 Å². The van der Waals surface area contributed by atoms with Crippen molar-refractivity contribution in [3.05, 3.63) is 163 Å². The molecule has 2 aromatic rings. The summed E-state index contributed by atoms with van der Waals surface area (Å²) in [5, 5.41) is 25.3. The molecule has 4 heterocycles. The molecular weight excluding hydrogens is 762 g/mol. The molecule has 0 atom stereocenters. The van der Waals surface area contributed by atoms with E-state index < -0.39 is 0 Å². The Morgan fingerprint density at radius 2 is 0.825 bits per heavy atom. The summed E-state index contributed by atoms with van der Waals surface area (Å²) in [6, 6.07) is 19.3. The summed E-state index contributed by atoms with van der Waals surface area (Å²) in [4.78, 5) is 18.6. The van der Waals surface area contributed by atoms with Gasteiger partial charge in [-0.3, -0.25) is 9.98 Å². The normalized spacial score (nSPS) is 19.8. The maximum atomic E-state index is 12.6. The fourth-order valence-corrected chi connectivity index (χ4v) is 7.42. The number of benzene rings is 2. The van der Waals surface area contributed by atoms with Crippen molar-refractivity contribution in [1.82, 2.24) is 0 Å². The van der Waals surface area contributed by atoms with Crippen molar-refractivity contribution in [2.24, 2.45) is 20.0 Å². The molecule has 0 bridgehead atoms. The van der Waals surface area contributed by atoms with Crippen LogP contribution in [0.2, 0.25) is 0 Å². The molecule has 0 unspecified atom stereocenters. The van der Waals surface area contributed by atoms with Crippen molar-refractivity contribution < 1.29 is 39.2 Å². The number of aliphatic imine (C=N–C) groups is 4. The van der Waals surface area contributed by atoms with E-state index in [0.29, 0.717) is 11.4 Å². The van der Waals surface area contributed by atoms with Gasteiger partial charge >= 0.3 is 19.5 Å². The van der Waals surface area contributed by atoms with Crippen LogP contribution in [0.3, 0.4) is 0 Å². The molecule has 0 aromatic heterocycles. The number of nitrogens with zero attached hydrogens (tertiary/aromatic N) is 4. The fraction of sp³-hybridized carbons (Fsp3) is 0.333. The van der Waals surface area contributed by atoms with E-state index in [-0.39, 0.29) is 44.6 Å². The van der Waals surface area contributed by atoms with Crippen molar-refractivity contribution in [2.75, 3.05) is 0 Å². The second kappa shape index (κ2) is 20.3. The van der Waals surface area contributed by atoms with E-state index in [1.807, 2.05) is 101 Å². The van der Waals surface area contributed by atoms with Crippen molar-refractivity contribution in [2.45, 2.75) is 108 Å². The Labute approximate surface area is 351 Å². The predicted molar refractivity (Wildman–Crippen MR) is 226 cm³/mol. The van der Waals surface area contributed by atoms with E-state index in [2.05, 4.69) is 51.5 Å². The van der Waals surface area contributed by atoms with Gasteiger partial charge in [0.15, 0.2) is 0 Å². The van der Waals surface area contributed by atoms with Gasteiger partial charge in [0.1, 0.15) is 0 Å². The van der Waals surface area contributed by atoms with Gasteiger partial charge in [0.2, 0.25) is 0 Å². The number of ether oxygens (including phenoxy) is 2. The van der Waals surface area contributed by atoms with Crippen LogP contribution in [-0.2, 0) is 42.2 Å². The summed E-state index contributed by atoms with van der Waals surface area (Å²) in [5.74, 6) is -0.762. The van der Waals surface area contributed by atoms with Gasteiger partial charge in [0.25, 0.3) is 0 Å². The van der Waals surface area contributed by atoms with Gasteiger partial charge in [-0.2, -0.15) is 0 Å². The number of hydrogen-bond donors (Lipinski definition) is 0. The molecule has 0 saturated carbocycles. The van der Waals surface area contributed by atoms with Crippen molar-refractivity contribution in [3.63, 3.8) is 0 Å². The first-order chi connectivity index (χ1) is 26.9. The molecule has 0 saturated heterocycles. The molecule has 0 spiro atoms. The van der Waals surface area contributed by atoms with Crippen LogP contribution in [-0.4, -0.2) is 22.8 Å². The molecule has 4 aliphatic heterocycles. The van der Waals surface area contributed by atoms with Crippen molar-refractivity contribution in [3.8, 4) is 0 Å². The van der Waals surface area contributed by atoms with Crippen LogP contribution in [0.25, 0.3) is 0 Å². The van der Waals surface area contributed by atoms with E-state index in [9.17, 15) is 10.2 Å². The molecule has 0 amide bonds.